The summed E-state index contributed by atoms with van der Waals surface area (Å²) in [5.74, 6) is -0.402. The lowest BCUT2D eigenvalue weighted by molar-refractivity contribution is -0.122. The molecule has 0 saturated carbocycles. The van der Waals surface area contributed by atoms with Crippen molar-refractivity contribution in [3.63, 3.8) is 0 Å². The third-order valence-electron chi connectivity index (χ3n) is 2.21. The topological polar surface area (TPSA) is 58.2 Å². The maximum atomic E-state index is 11.9. The van der Waals surface area contributed by atoms with Gasteiger partial charge in [-0.05, 0) is 48.6 Å². The number of hydrogen-bond donors (Lipinski definition) is 2. The van der Waals surface area contributed by atoms with Gasteiger partial charge in [0.05, 0.1) is 5.56 Å². The Morgan fingerprint density at radius 2 is 2.00 bits per heavy atom. The van der Waals surface area contributed by atoms with Crippen molar-refractivity contribution in [1.82, 2.24) is 10.6 Å². The second-order valence-corrected chi connectivity index (χ2v) is 4.73. The molecular formula is C12H15IN2O2. The molecule has 0 aliphatic heterocycles. The summed E-state index contributed by atoms with van der Waals surface area (Å²) >= 11 is 2.09. The third kappa shape index (κ3) is 3.99. The Balaban J connectivity index is 2.67. The molecule has 0 aliphatic carbocycles. The number of nitrogens with one attached hydrogen (secondary N) is 2. The summed E-state index contributed by atoms with van der Waals surface area (Å²) in [6.45, 7) is 4.06. The molecule has 1 unspecified atom stereocenters. The van der Waals surface area contributed by atoms with E-state index < -0.39 is 6.04 Å². The first kappa shape index (κ1) is 14.0. The zero-order chi connectivity index (χ0) is 12.8. The molecule has 17 heavy (non-hydrogen) atoms. The Kier molecular flexibility index (Phi) is 5.40. The molecular weight excluding hydrogens is 331 g/mol. The van der Waals surface area contributed by atoms with Gasteiger partial charge in [0.15, 0.2) is 0 Å². The molecule has 0 heterocycles. The number of amides is 2. The maximum absolute atomic E-state index is 11.9. The van der Waals surface area contributed by atoms with Gasteiger partial charge in [-0.1, -0.05) is 12.1 Å². The first-order valence-electron chi connectivity index (χ1n) is 5.39. The summed E-state index contributed by atoms with van der Waals surface area (Å²) in [4.78, 5) is 23.4. The zero-order valence-corrected chi connectivity index (χ0v) is 11.9. The Bertz CT molecular complexity index is 421. The van der Waals surface area contributed by atoms with Crippen LogP contribution in [0.5, 0.6) is 0 Å². The van der Waals surface area contributed by atoms with Crippen molar-refractivity contribution in [2.24, 2.45) is 0 Å². The Labute approximate surface area is 114 Å². The van der Waals surface area contributed by atoms with E-state index in [9.17, 15) is 9.59 Å². The van der Waals surface area contributed by atoms with Crippen molar-refractivity contribution >= 4 is 34.4 Å². The summed E-state index contributed by atoms with van der Waals surface area (Å²) in [5, 5.41) is 5.33. The van der Waals surface area contributed by atoms with Crippen LogP contribution in [0.2, 0.25) is 0 Å². The highest BCUT2D eigenvalue weighted by Gasteiger charge is 2.16. The van der Waals surface area contributed by atoms with Crippen LogP contribution in [0.25, 0.3) is 0 Å². The van der Waals surface area contributed by atoms with Crippen molar-refractivity contribution in [1.29, 1.82) is 0 Å². The minimum absolute atomic E-state index is 0.174. The Hall–Kier alpha value is -1.11. The van der Waals surface area contributed by atoms with E-state index >= 15 is 0 Å². The average Bonchev–Trinajstić information content (AvgIpc) is 2.29. The summed E-state index contributed by atoms with van der Waals surface area (Å²) in [7, 11) is 0. The van der Waals surface area contributed by atoms with Crippen molar-refractivity contribution < 1.29 is 9.59 Å². The lowest BCUT2D eigenvalue weighted by atomic mass is 10.2. The van der Waals surface area contributed by atoms with Gasteiger partial charge in [-0.2, -0.15) is 0 Å². The van der Waals surface area contributed by atoms with E-state index in [0.29, 0.717) is 12.1 Å². The number of hydrogen-bond acceptors (Lipinski definition) is 2. The number of carbonyl (C=O) groups excluding carboxylic acids is 2. The summed E-state index contributed by atoms with van der Waals surface area (Å²) in [5.41, 5.74) is 0.587. The van der Waals surface area contributed by atoms with E-state index in [1.807, 2.05) is 19.1 Å². The van der Waals surface area contributed by atoms with Gasteiger partial charge in [0.2, 0.25) is 5.91 Å². The highest BCUT2D eigenvalue weighted by atomic mass is 127. The van der Waals surface area contributed by atoms with Gasteiger partial charge in [0.1, 0.15) is 6.04 Å². The second-order valence-electron chi connectivity index (χ2n) is 3.57. The van der Waals surface area contributed by atoms with Crippen molar-refractivity contribution in [3.05, 3.63) is 33.4 Å². The van der Waals surface area contributed by atoms with E-state index in [2.05, 4.69) is 33.2 Å². The number of halogens is 1. The van der Waals surface area contributed by atoms with Crippen LogP contribution in [0.1, 0.15) is 24.2 Å². The summed E-state index contributed by atoms with van der Waals surface area (Å²) in [6.07, 6.45) is 0. The fourth-order valence-electron chi connectivity index (χ4n) is 1.31. The fourth-order valence-corrected chi connectivity index (χ4v) is 1.94. The van der Waals surface area contributed by atoms with Crippen LogP contribution in [0.15, 0.2) is 24.3 Å². The number of carbonyl (C=O) groups is 2. The van der Waals surface area contributed by atoms with Gasteiger partial charge in [-0.25, -0.2) is 0 Å². The average molecular weight is 346 g/mol. The number of likely N-dealkylation sites (N-methyl/N-ethyl adjacent to an activating group) is 1. The molecule has 1 aromatic rings. The molecule has 1 rings (SSSR count). The van der Waals surface area contributed by atoms with Gasteiger partial charge >= 0.3 is 0 Å². The Morgan fingerprint density at radius 1 is 1.35 bits per heavy atom. The van der Waals surface area contributed by atoms with Crippen LogP contribution in [-0.2, 0) is 4.79 Å². The maximum Gasteiger partial charge on any atom is 0.252 e. The molecule has 1 aromatic carbocycles. The molecule has 0 saturated heterocycles. The molecule has 0 bridgehead atoms. The predicted molar refractivity (Wildman–Crippen MR) is 74.8 cm³/mol. The smallest absolute Gasteiger partial charge is 0.252 e. The monoisotopic (exact) mass is 346 g/mol. The minimum Gasteiger partial charge on any atom is -0.355 e. The molecule has 0 aliphatic rings. The van der Waals surface area contributed by atoms with Crippen LogP contribution >= 0.6 is 22.6 Å². The molecule has 5 heteroatoms. The molecule has 0 fully saturated rings. The SMILES string of the molecule is CCNC(=O)C(C)NC(=O)c1ccccc1I. The molecule has 92 valence electrons. The lowest BCUT2D eigenvalue weighted by Crippen LogP contribution is -2.44. The van der Waals surface area contributed by atoms with E-state index in [4.69, 9.17) is 0 Å². The molecule has 2 amide bonds. The van der Waals surface area contributed by atoms with Crippen LogP contribution in [0.4, 0.5) is 0 Å². The van der Waals surface area contributed by atoms with E-state index in [-0.39, 0.29) is 11.8 Å². The van der Waals surface area contributed by atoms with Crippen molar-refractivity contribution in [3.8, 4) is 0 Å². The molecule has 0 spiro atoms. The highest BCUT2D eigenvalue weighted by molar-refractivity contribution is 14.1. The fraction of sp³-hybridized carbons (Fsp3) is 0.333. The van der Waals surface area contributed by atoms with Crippen molar-refractivity contribution in [2.75, 3.05) is 6.54 Å². The molecule has 2 N–H and O–H groups in total. The van der Waals surface area contributed by atoms with Gasteiger partial charge < -0.3 is 10.6 Å². The van der Waals surface area contributed by atoms with E-state index in [1.54, 1.807) is 19.1 Å². The van der Waals surface area contributed by atoms with Crippen LogP contribution < -0.4 is 10.6 Å². The van der Waals surface area contributed by atoms with Gasteiger partial charge in [-0.15, -0.1) is 0 Å². The van der Waals surface area contributed by atoms with Crippen LogP contribution in [0.3, 0.4) is 0 Å². The quantitative estimate of drug-likeness (QED) is 0.813. The zero-order valence-electron chi connectivity index (χ0n) is 9.79. The Morgan fingerprint density at radius 3 is 2.59 bits per heavy atom. The van der Waals surface area contributed by atoms with Crippen molar-refractivity contribution in [2.45, 2.75) is 19.9 Å². The minimum atomic E-state index is -0.529. The van der Waals surface area contributed by atoms with Gasteiger partial charge in [0, 0.05) is 10.1 Å². The largest absolute Gasteiger partial charge is 0.355 e. The molecule has 0 radical (unpaired) electrons. The summed E-state index contributed by atoms with van der Waals surface area (Å²) in [6, 6.07) is 6.73. The first-order chi connectivity index (χ1) is 8.06. The molecule has 1 atom stereocenters. The second kappa shape index (κ2) is 6.58. The number of rotatable bonds is 4. The summed E-state index contributed by atoms with van der Waals surface area (Å²) < 4.78 is 0.866. The first-order valence-corrected chi connectivity index (χ1v) is 6.47. The highest BCUT2D eigenvalue weighted by Crippen LogP contribution is 2.11. The predicted octanol–water partition coefficient (Wildman–Crippen LogP) is 1.55. The van der Waals surface area contributed by atoms with Crippen LogP contribution in [-0.4, -0.2) is 24.4 Å². The molecule has 0 aromatic heterocycles. The lowest BCUT2D eigenvalue weighted by Gasteiger charge is -2.13. The normalized spacial score (nSPS) is 11.7. The van der Waals surface area contributed by atoms with E-state index in [0.717, 1.165) is 3.57 Å². The van der Waals surface area contributed by atoms with Crippen LogP contribution in [0, 0.1) is 3.57 Å². The third-order valence-corrected chi connectivity index (χ3v) is 3.15. The van der Waals surface area contributed by atoms with Gasteiger partial charge in [-0.3, -0.25) is 9.59 Å². The molecule has 4 nitrogen and oxygen atoms in total. The van der Waals surface area contributed by atoms with Gasteiger partial charge in [0.25, 0.3) is 5.91 Å². The number of benzene rings is 1. The standard InChI is InChI=1S/C12H15IN2O2/c1-3-14-11(16)8(2)15-12(17)9-6-4-5-7-10(9)13/h4-8H,3H2,1-2H3,(H,14,16)(H,15,17). The van der Waals surface area contributed by atoms with E-state index in [1.165, 1.54) is 0 Å².